The lowest BCUT2D eigenvalue weighted by Crippen LogP contribution is -2.14. The average molecular weight is 233 g/mol. The number of carbonyl (C=O) groups excluding carboxylic acids is 1. The first-order valence-electron chi connectivity index (χ1n) is 6.07. The molecule has 0 radical (unpaired) electrons. The highest BCUT2D eigenvalue weighted by molar-refractivity contribution is 6.14. The van der Waals surface area contributed by atoms with E-state index in [4.69, 9.17) is 0 Å². The number of ketones is 1. The first-order chi connectivity index (χ1) is 8.84. The van der Waals surface area contributed by atoms with E-state index in [0.717, 1.165) is 39.7 Å². The molecular formula is C16H11NO. The number of carbonyl (C=O) groups is 1. The smallest absolute Gasteiger partial charge is 0.209 e. The van der Waals surface area contributed by atoms with Gasteiger partial charge in [-0.05, 0) is 17.2 Å². The Hall–Kier alpha value is -2.35. The molecule has 0 bridgehead atoms. The minimum absolute atomic E-state index is 0.114. The van der Waals surface area contributed by atoms with E-state index in [1.54, 1.807) is 0 Å². The summed E-state index contributed by atoms with van der Waals surface area (Å²) in [5.41, 5.74) is 4.89. The van der Waals surface area contributed by atoms with Crippen molar-refractivity contribution < 1.29 is 4.79 Å². The van der Waals surface area contributed by atoms with E-state index in [1.165, 1.54) is 0 Å². The van der Waals surface area contributed by atoms with E-state index in [1.807, 2.05) is 42.5 Å². The van der Waals surface area contributed by atoms with Crippen LogP contribution in [0, 0.1) is 0 Å². The number of hydrogen-bond donors (Lipinski definition) is 1. The minimum Gasteiger partial charge on any atom is -0.352 e. The molecule has 1 aromatic heterocycles. The van der Waals surface area contributed by atoms with Gasteiger partial charge in [0.2, 0.25) is 5.78 Å². The zero-order valence-electron chi connectivity index (χ0n) is 9.73. The van der Waals surface area contributed by atoms with Gasteiger partial charge in [-0.25, -0.2) is 0 Å². The van der Waals surface area contributed by atoms with Crippen molar-refractivity contribution in [2.45, 2.75) is 6.42 Å². The van der Waals surface area contributed by atoms with E-state index in [-0.39, 0.29) is 5.78 Å². The lowest BCUT2D eigenvalue weighted by Gasteiger charge is -2.14. The number of hydrogen-bond acceptors (Lipinski definition) is 1. The van der Waals surface area contributed by atoms with E-state index < -0.39 is 0 Å². The van der Waals surface area contributed by atoms with Gasteiger partial charge in [-0.1, -0.05) is 42.5 Å². The molecule has 0 aliphatic heterocycles. The molecule has 86 valence electrons. The fourth-order valence-corrected chi connectivity index (χ4v) is 2.80. The van der Waals surface area contributed by atoms with Crippen LogP contribution in [0.25, 0.3) is 10.9 Å². The van der Waals surface area contributed by atoms with Crippen LogP contribution in [0.4, 0.5) is 0 Å². The molecule has 1 aliphatic rings. The van der Waals surface area contributed by atoms with Crippen LogP contribution < -0.4 is 0 Å². The fourth-order valence-electron chi connectivity index (χ4n) is 2.80. The van der Waals surface area contributed by atoms with Gasteiger partial charge in [0.1, 0.15) is 0 Å². The Morgan fingerprint density at radius 2 is 1.72 bits per heavy atom. The van der Waals surface area contributed by atoms with Gasteiger partial charge in [0.25, 0.3) is 0 Å². The van der Waals surface area contributed by atoms with Crippen molar-refractivity contribution in [2.75, 3.05) is 0 Å². The highest BCUT2D eigenvalue weighted by atomic mass is 16.1. The second-order valence-electron chi connectivity index (χ2n) is 4.69. The van der Waals surface area contributed by atoms with Gasteiger partial charge in [0.05, 0.1) is 5.69 Å². The number of aromatic nitrogens is 1. The molecule has 0 saturated heterocycles. The molecule has 2 nitrogen and oxygen atoms in total. The number of nitrogens with one attached hydrogen (secondary N) is 1. The molecule has 3 aromatic rings. The van der Waals surface area contributed by atoms with Crippen LogP contribution in [0.5, 0.6) is 0 Å². The van der Waals surface area contributed by atoms with Gasteiger partial charge < -0.3 is 4.98 Å². The maximum absolute atomic E-state index is 12.4. The van der Waals surface area contributed by atoms with Crippen molar-refractivity contribution in [3.63, 3.8) is 0 Å². The second-order valence-corrected chi connectivity index (χ2v) is 4.69. The topological polar surface area (TPSA) is 32.9 Å². The molecule has 18 heavy (non-hydrogen) atoms. The standard InChI is InChI=1S/C16H11NO/c18-16-11-6-2-1-5-10(11)9-13-12-7-3-4-8-14(12)17-15(13)16/h1-8,17H,9H2. The Bertz CT molecular complexity index is 783. The predicted octanol–water partition coefficient (Wildman–Crippen LogP) is 3.30. The highest BCUT2D eigenvalue weighted by Crippen LogP contribution is 2.32. The molecule has 0 spiro atoms. The lowest BCUT2D eigenvalue weighted by atomic mass is 9.88. The lowest BCUT2D eigenvalue weighted by molar-refractivity contribution is 0.103. The monoisotopic (exact) mass is 233 g/mol. The minimum atomic E-state index is 0.114. The molecule has 0 unspecified atom stereocenters. The number of benzene rings is 2. The molecule has 0 amide bonds. The summed E-state index contributed by atoms with van der Waals surface area (Å²) in [5.74, 6) is 0.114. The largest absolute Gasteiger partial charge is 0.352 e. The van der Waals surface area contributed by atoms with Crippen LogP contribution in [0.2, 0.25) is 0 Å². The van der Waals surface area contributed by atoms with Crippen LogP contribution in [-0.4, -0.2) is 10.8 Å². The predicted molar refractivity (Wildman–Crippen MR) is 71.0 cm³/mol. The van der Waals surface area contributed by atoms with Gasteiger partial charge in [0, 0.05) is 22.9 Å². The maximum Gasteiger partial charge on any atom is 0.209 e. The average Bonchev–Trinajstić information content (AvgIpc) is 2.79. The summed E-state index contributed by atoms with van der Waals surface area (Å²) in [7, 11) is 0. The van der Waals surface area contributed by atoms with Crippen LogP contribution in [0.1, 0.15) is 27.2 Å². The van der Waals surface area contributed by atoms with Crippen molar-refractivity contribution in [2.24, 2.45) is 0 Å². The summed E-state index contributed by atoms with van der Waals surface area (Å²) in [6.07, 6.45) is 0.835. The van der Waals surface area contributed by atoms with Crippen LogP contribution in [-0.2, 0) is 6.42 Å². The van der Waals surface area contributed by atoms with Crippen molar-refractivity contribution in [3.05, 3.63) is 70.9 Å². The number of fused-ring (bicyclic) bond motifs is 4. The molecule has 1 N–H and O–H groups in total. The normalized spacial score (nSPS) is 13.4. The summed E-state index contributed by atoms with van der Waals surface area (Å²) >= 11 is 0. The van der Waals surface area contributed by atoms with Crippen molar-refractivity contribution in [1.82, 2.24) is 4.98 Å². The van der Waals surface area contributed by atoms with E-state index >= 15 is 0 Å². The fraction of sp³-hybridized carbons (Fsp3) is 0.0625. The second kappa shape index (κ2) is 3.33. The van der Waals surface area contributed by atoms with Gasteiger partial charge >= 0.3 is 0 Å². The molecule has 0 saturated carbocycles. The molecule has 1 heterocycles. The van der Waals surface area contributed by atoms with Crippen molar-refractivity contribution >= 4 is 16.7 Å². The number of aromatic amines is 1. The molecule has 2 heteroatoms. The van der Waals surface area contributed by atoms with Crippen LogP contribution in [0.3, 0.4) is 0 Å². The molecule has 2 aromatic carbocycles. The van der Waals surface area contributed by atoms with E-state index in [0.29, 0.717) is 0 Å². The molecule has 0 atom stereocenters. The quantitative estimate of drug-likeness (QED) is 0.496. The van der Waals surface area contributed by atoms with Crippen LogP contribution >= 0.6 is 0 Å². The van der Waals surface area contributed by atoms with Gasteiger partial charge in [-0.2, -0.15) is 0 Å². The number of para-hydroxylation sites is 1. The number of rotatable bonds is 0. The highest BCUT2D eigenvalue weighted by Gasteiger charge is 2.26. The maximum atomic E-state index is 12.4. The molecule has 0 fully saturated rings. The van der Waals surface area contributed by atoms with Crippen molar-refractivity contribution in [3.8, 4) is 0 Å². The Morgan fingerprint density at radius 3 is 2.67 bits per heavy atom. The van der Waals surface area contributed by atoms with Gasteiger partial charge in [-0.3, -0.25) is 4.79 Å². The SMILES string of the molecule is O=C1c2ccccc2Cc2c1[nH]c1ccccc21. The summed E-state index contributed by atoms with van der Waals surface area (Å²) in [6.45, 7) is 0. The third-order valence-corrected chi connectivity index (χ3v) is 3.67. The summed E-state index contributed by atoms with van der Waals surface area (Å²) < 4.78 is 0. The van der Waals surface area contributed by atoms with Gasteiger partial charge in [0.15, 0.2) is 0 Å². The Morgan fingerprint density at radius 1 is 0.944 bits per heavy atom. The van der Waals surface area contributed by atoms with Crippen LogP contribution in [0.15, 0.2) is 48.5 Å². The van der Waals surface area contributed by atoms with E-state index in [2.05, 4.69) is 11.1 Å². The summed E-state index contributed by atoms with van der Waals surface area (Å²) in [4.78, 5) is 15.7. The Kier molecular flexibility index (Phi) is 1.78. The molecule has 1 aliphatic carbocycles. The zero-order chi connectivity index (χ0) is 12.1. The third-order valence-electron chi connectivity index (χ3n) is 3.67. The molecular weight excluding hydrogens is 222 g/mol. The van der Waals surface area contributed by atoms with E-state index in [9.17, 15) is 4.79 Å². The first kappa shape index (κ1) is 9.66. The van der Waals surface area contributed by atoms with Crippen molar-refractivity contribution in [1.29, 1.82) is 0 Å². The summed E-state index contributed by atoms with van der Waals surface area (Å²) in [5, 5.41) is 1.16. The first-order valence-corrected chi connectivity index (χ1v) is 6.07. The van der Waals surface area contributed by atoms with Gasteiger partial charge in [-0.15, -0.1) is 0 Å². The third kappa shape index (κ3) is 1.15. The Balaban J connectivity index is 2.05. The molecule has 4 rings (SSSR count). The Labute approximate surface area is 104 Å². The number of H-pyrrole nitrogens is 1. The zero-order valence-corrected chi connectivity index (χ0v) is 9.73. The summed E-state index contributed by atoms with van der Waals surface area (Å²) in [6, 6.07) is 16.0.